The molecule has 82 valence electrons. The van der Waals surface area contributed by atoms with Crippen molar-refractivity contribution < 1.29 is 0 Å². The molecule has 16 heavy (non-hydrogen) atoms. The van der Waals surface area contributed by atoms with Crippen molar-refractivity contribution in [1.29, 1.82) is 0 Å². The summed E-state index contributed by atoms with van der Waals surface area (Å²) in [6.45, 7) is 11.8. The molecule has 0 spiro atoms. The Morgan fingerprint density at radius 3 is 2.56 bits per heavy atom. The Morgan fingerprint density at radius 2 is 1.94 bits per heavy atom. The molecule has 0 bridgehead atoms. The van der Waals surface area contributed by atoms with Crippen molar-refractivity contribution in [2.45, 2.75) is 13.8 Å². The first-order valence-electron chi connectivity index (χ1n) is 5.40. The second-order valence-corrected chi connectivity index (χ2v) is 3.69. The predicted molar refractivity (Wildman–Crippen MR) is 74.5 cm³/mol. The Labute approximate surface area is 97.6 Å². The molecule has 0 saturated carbocycles. The minimum absolute atomic E-state index is 1.06. The summed E-state index contributed by atoms with van der Waals surface area (Å²) in [6.07, 6.45) is 11.9. The van der Waals surface area contributed by atoms with Crippen LogP contribution < -0.4 is 10.4 Å². The lowest BCUT2D eigenvalue weighted by molar-refractivity contribution is 1.38. The molecule has 0 heterocycles. The van der Waals surface area contributed by atoms with E-state index >= 15 is 0 Å². The van der Waals surface area contributed by atoms with Gasteiger partial charge >= 0.3 is 0 Å². The molecule has 0 N–H and O–H groups in total. The van der Waals surface area contributed by atoms with Gasteiger partial charge in [-0.05, 0) is 41.5 Å². The van der Waals surface area contributed by atoms with Crippen molar-refractivity contribution in [1.82, 2.24) is 0 Å². The van der Waals surface area contributed by atoms with Gasteiger partial charge in [-0.3, -0.25) is 0 Å². The molecular formula is C16H18. The molecule has 0 nitrogen and oxygen atoms in total. The van der Waals surface area contributed by atoms with Gasteiger partial charge in [0.2, 0.25) is 0 Å². The van der Waals surface area contributed by atoms with Crippen LogP contribution in [0.4, 0.5) is 0 Å². The van der Waals surface area contributed by atoms with Crippen molar-refractivity contribution in [2.75, 3.05) is 0 Å². The van der Waals surface area contributed by atoms with Gasteiger partial charge in [0.1, 0.15) is 0 Å². The Hall–Kier alpha value is -1.82. The van der Waals surface area contributed by atoms with E-state index < -0.39 is 0 Å². The van der Waals surface area contributed by atoms with Gasteiger partial charge in [-0.15, -0.1) is 0 Å². The minimum Gasteiger partial charge on any atom is -0.0991 e. The zero-order valence-corrected chi connectivity index (χ0v) is 10.0. The van der Waals surface area contributed by atoms with Crippen LogP contribution in [0.3, 0.4) is 0 Å². The first-order chi connectivity index (χ1) is 7.69. The third-order valence-electron chi connectivity index (χ3n) is 2.41. The number of benzene rings is 1. The molecule has 0 radical (unpaired) electrons. The third kappa shape index (κ3) is 3.09. The molecule has 0 aromatic heterocycles. The largest absolute Gasteiger partial charge is 0.0991 e. The molecule has 0 fully saturated rings. The first-order valence-corrected chi connectivity index (χ1v) is 5.40. The Bertz CT molecular complexity index is 528. The Morgan fingerprint density at radius 1 is 1.19 bits per heavy atom. The average molecular weight is 210 g/mol. The number of hydrogen-bond donors (Lipinski definition) is 0. The second-order valence-electron chi connectivity index (χ2n) is 3.69. The van der Waals surface area contributed by atoms with E-state index in [1.54, 1.807) is 6.08 Å². The summed E-state index contributed by atoms with van der Waals surface area (Å²) in [7, 11) is 0. The van der Waals surface area contributed by atoms with Gasteiger partial charge in [-0.1, -0.05) is 55.7 Å². The lowest BCUT2D eigenvalue weighted by Crippen LogP contribution is -2.23. The minimum atomic E-state index is 1.06. The second kappa shape index (κ2) is 5.92. The number of aryl methyl sites for hydroxylation is 1. The summed E-state index contributed by atoms with van der Waals surface area (Å²) in [5.41, 5.74) is 2.45. The van der Waals surface area contributed by atoms with Gasteiger partial charge in [-0.2, -0.15) is 0 Å². The summed E-state index contributed by atoms with van der Waals surface area (Å²) >= 11 is 0. The van der Waals surface area contributed by atoms with Crippen LogP contribution >= 0.6 is 0 Å². The fourth-order valence-electron chi connectivity index (χ4n) is 1.51. The molecule has 0 unspecified atom stereocenters. The summed E-state index contributed by atoms with van der Waals surface area (Å²) in [5, 5.41) is 2.22. The molecule has 0 heteroatoms. The van der Waals surface area contributed by atoms with Crippen molar-refractivity contribution in [3.05, 3.63) is 64.6 Å². The quantitative estimate of drug-likeness (QED) is 0.673. The van der Waals surface area contributed by atoms with Gasteiger partial charge in [-0.25, -0.2) is 0 Å². The molecule has 0 aliphatic heterocycles. The van der Waals surface area contributed by atoms with Crippen molar-refractivity contribution in [3.8, 4) is 0 Å². The molecule has 0 atom stereocenters. The highest BCUT2D eigenvalue weighted by Gasteiger charge is 1.93. The van der Waals surface area contributed by atoms with Gasteiger partial charge in [0.15, 0.2) is 0 Å². The normalized spacial score (nSPS) is 12.8. The SMILES string of the molecule is C=C/C=C\c1c/c(=C/C=C\C)c(=C)cc1C. The maximum atomic E-state index is 4.05. The van der Waals surface area contributed by atoms with Crippen LogP contribution in [0, 0.1) is 6.92 Å². The van der Waals surface area contributed by atoms with Crippen LogP contribution in [0.1, 0.15) is 18.1 Å². The van der Waals surface area contributed by atoms with Crippen molar-refractivity contribution in [3.63, 3.8) is 0 Å². The first kappa shape index (κ1) is 12.3. The van der Waals surface area contributed by atoms with E-state index in [2.05, 4.69) is 44.4 Å². The van der Waals surface area contributed by atoms with E-state index in [-0.39, 0.29) is 0 Å². The lowest BCUT2D eigenvalue weighted by atomic mass is 10.1. The molecule has 0 amide bonds. The fourth-order valence-corrected chi connectivity index (χ4v) is 1.51. The van der Waals surface area contributed by atoms with E-state index in [0.717, 1.165) is 10.4 Å². The van der Waals surface area contributed by atoms with Crippen LogP contribution in [-0.4, -0.2) is 0 Å². The predicted octanol–water partition coefficient (Wildman–Crippen LogP) is 2.96. The maximum absolute atomic E-state index is 4.05. The van der Waals surface area contributed by atoms with Gasteiger partial charge in [0, 0.05) is 0 Å². The van der Waals surface area contributed by atoms with Gasteiger partial charge < -0.3 is 0 Å². The number of rotatable bonds is 3. The molecule has 0 saturated heterocycles. The topological polar surface area (TPSA) is 0 Å². The Kier molecular flexibility index (Phi) is 4.53. The van der Waals surface area contributed by atoms with Gasteiger partial charge in [0.05, 0.1) is 0 Å². The van der Waals surface area contributed by atoms with Crippen molar-refractivity contribution >= 4 is 18.7 Å². The highest BCUT2D eigenvalue weighted by molar-refractivity contribution is 5.56. The summed E-state index contributed by atoms with van der Waals surface area (Å²) in [5.74, 6) is 0. The van der Waals surface area contributed by atoms with Crippen LogP contribution in [0.2, 0.25) is 0 Å². The van der Waals surface area contributed by atoms with E-state index in [0.29, 0.717) is 0 Å². The molecular weight excluding hydrogens is 192 g/mol. The smallest absolute Gasteiger partial charge is 0.0184 e. The summed E-state index contributed by atoms with van der Waals surface area (Å²) in [6, 6.07) is 4.26. The molecule has 1 rings (SSSR count). The number of hydrogen-bond acceptors (Lipinski definition) is 0. The van der Waals surface area contributed by atoms with E-state index in [4.69, 9.17) is 0 Å². The standard InChI is InChI=1S/C16H18/c1-5-7-9-15-12-16(10-8-6-2)14(4)11-13(15)3/h5-12H,1,4H2,2-3H3/b8-6-,9-7-,16-10-. The highest BCUT2D eigenvalue weighted by Crippen LogP contribution is 2.04. The van der Waals surface area contributed by atoms with Crippen LogP contribution in [0.5, 0.6) is 0 Å². The van der Waals surface area contributed by atoms with E-state index in [9.17, 15) is 0 Å². The van der Waals surface area contributed by atoms with E-state index in [1.165, 1.54) is 11.1 Å². The molecule has 1 aromatic rings. The van der Waals surface area contributed by atoms with Crippen LogP contribution in [0.25, 0.3) is 18.7 Å². The molecule has 1 aromatic carbocycles. The number of allylic oxidation sites excluding steroid dienone is 4. The maximum Gasteiger partial charge on any atom is -0.0184 e. The summed E-state index contributed by atoms with van der Waals surface area (Å²) < 4.78 is 0. The molecule has 0 aliphatic carbocycles. The Balaban J connectivity index is 3.38. The highest BCUT2D eigenvalue weighted by atomic mass is 14.0. The van der Waals surface area contributed by atoms with E-state index in [1.807, 2.05) is 25.2 Å². The fraction of sp³-hybridized carbons (Fsp3) is 0.125. The monoisotopic (exact) mass is 210 g/mol. The van der Waals surface area contributed by atoms with Crippen LogP contribution in [0.15, 0.2) is 43.0 Å². The van der Waals surface area contributed by atoms with Crippen molar-refractivity contribution in [2.24, 2.45) is 0 Å². The third-order valence-corrected chi connectivity index (χ3v) is 2.41. The van der Waals surface area contributed by atoms with Crippen LogP contribution in [-0.2, 0) is 0 Å². The zero-order chi connectivity index (χ0) is 12.0. The van der Waals surface area contributed by atoms with Gasteiger partial charge in [0.25, 0.3) is 0 Å². The average Bonchev–Trinajstić information content (AvgIpc) is 2.26. The lowest BCUT2D eigenvalue weighted by Gasteiger charge is -2.00. The summed E-state index contributed by atoms with van der Waals surface area (Å²) in [4.78, 5) is 0. The molecule has 0 aliphatic rings. The zero-order valence-electron chi connectivity index (χ0n) is 10.0.